The molecule has 0 saturated carbocycles. The summed E-state index contributed by atoms with van der Waals surface area (Å²) in [7, 11) is 0. The van der Waals surface area contributed by atoms with E-state index in [1.165, 1.54) is 44.9 Å². The molecule has 0 spiro atoms. The number of hydrogen-bond donors (Lipinski definition) is 12. The molecule has 19 heteroatoms. The molecule has 12 N–H and O–H groups in total. The summed E-state index contributed by atoms with van der Waals surface area (Å²) in [6.45, 7) is 1.52. The standard InChI is InChI=1S/C58H99NO18/c1-3-5-7-9-11-13-15-16-17-18-19-20-21-22-23-24-26-28-30-32-34-36-46(64)59-41(42(63)35-33-31-29-27-25-14-12-10-8-6-4-2)40-72-56-52(70)49(67)54(44(38-61)74-56)77-58-53(71)50(68)55(45(39-62)75-58)76-57-51(69)48(66)47(65)43(37-60)73-57/h5,7,11,13,16-17,19-20,25,27,33,35,41-45,47-58,60-63,65-71H,3-4,6,8-10,12,14-15,18,21-24,26,28-32,34,36-40H2,1-2H3,(H,59,64)/b7-5-,13-11-,17-16-,20-19-,27-25+,35-33+. The number of ether oxygens (including phenoxy) is 6. The van der Waals surface area contributed by atoms with E-state index in [2.05, 4.69) is 79.9 Å². The van der Waals surface area contributed by atoms with E-state index in [9.17, 15) is 61.0 Å². The first-order chi connectivity index (χ1) is 37.3. The second-order valence-electron chi connectivity index (χ2n) is 20.4. The van der Waals surface area contributed by atoms with Crippen LogP contribution < -0.4 is 5.32 Å². The lowest BCUT2D eigenvalue weighted by atomic mass is 9.96. The summed E-state index contributed by atoms with van der Waals surface area (Å²) in [4.78, 5) is 13.3. The van der Waals surface area contributed by atoms with Gasteiger partial charge in [-0.3, -0.25) is 4.79 Å². The van der Waals surface area contributed by atoms with Gasteiger partial charge < -0.3 is 89.9 Å². The van der Waals surface area contributed by atoms with E-state index in [1.54, 1.807) is 6.08 Å². The molecule has 0 aromatic rings. The number of aliphatic hydroxyl groups excluding tert-OH is 11. The van der Waals surface area contributed by atoms with Gasteiger partial charge in [-0.1, -0.05) is 151 Å². The zero-order valence-electron chi connectivity index (χ0n) is 45.9. The summed E-state index contributed by atoms with van der Waals surface area (Å²) in [5, 5.41) is 120. The normalized spacial score (nSPS) is 31.3. The van der Waals surface area contributed by atoms with Gasteiger partial charge in [0, 0.05) is 6.42 Å². The van der Waals surface area contributed by atoms with Crippen molar-refractivity contribution in [1.29, 1.82) is 0 Å². The fourth-order valence-corrected chi connectivity index (χ4v) is 9.25. The molecular weight excluding hydrogens is 999 g/mol. The number of nitrogens with one attached hydrogen (secondary N) is 1. The van der Waals surface area contributed by atoms with Crippen molar-refractivity contribution in [2.75, 3.05) is 26.4 Å². The molecule has 0 aromatic carbocycles. The molecule has 3 rings (SSSR count). The highest BCUT2D eigenvalue weighted by Crippen LogP contribution is 2.33. The average molecular weight is 1100 g/mol. The first-order valence-electron chi connectivity index (χ1n) is 28.7. The number of aliphatic hydroxyl groups is 11. The van der Waals surface area contributed by atoms with Crippen molar-refractivity contribution in [3.8, 4) is 0 Å². The molecule has 3 heterocycles. The Hall–Kier alpha value is -2.77. The van der Waals surface area contributed by atoms with Crippen molar-refractivity contribution in [2.24, 2.45) is 0 Å². The van der Waals surface area contributed by atoms with Crippen LogP contribution in [0.1, 0.15) is 155 Å². The van der Waals surface area contributed by atoms with E-state index in [-0.39, 0.29) is 18.9 Å². The van der Waals surface area contributed by atoms with Crippen LogP contribution in [0.25, 0.3) is 0 Å². The third-order valence-electron chi connectivity index (χ3n) is 14.0. The third-order valence-corrected chi connectivity index (χ3v) is 14.0. The van der Waals surface area contributed by atoms with Crippen LogP contribution in [0.4, 0.5) is 0 Å². The minimum absolute atomic E-state index is 0.222. The average Bonchev–Trinajstić information content (AvgIpc) is 3.44. The molecule has 444 valence electrons. The molecule has 0 radical (unpaired) electrons. The zero-order chi connectivity index (χ0) is 56.2. The van der Waals surface area contributed by atoms with Crippen LogP contribution in [-0.2, 0) is 33.2 Å². The van der Waals surface area contributed by atoms with Crippen molar-refractivity contribution in [3.63, 3.8) is 0 Å². The monoisotopic (exact) mass is 1100 g/mol. The molecular formula is C58H99NO18. The maximum atomic E-state index is 13.3. The number of carbonyl (C=O) groups excluding carboxylic acids is 1. The maximum absolute atomic E-state index is 13.3. The molecule has 19 nitrogen and oxygen atoms in total. The summed E-state index contributed by atoms with van der Waals surface area (Å²) in [6.07, 6.45) is 20.4. The maximum Gasteiger partial charge on any atom is 0.220 e. The predicted octanol–water partition coefficient (Wildman–Crippen LogP) is 4.26. The van der Waals surface area contributed by atoms with E-state index in [0.717, 1.165) is 77.0 Å². The molecule has 3 aliphatic rings. The summed E-state index contributed by atoms with van der Waals surface area (Å²) >= 11 is 0. The minimum atomic E-state index is -1.98. The van der Waals surface area contributed by atoms with Gasteiger partial charge >= 0.3 is 0 Å². The number of hydrogen-bond acceptors (Lipinski definition) is 18. The van der Waals surface area contributed by atoms with E-state index in [1.807, 2.05) is 6.08 Å². The van der Waals surface area contributed by atoms with Crippen LogP contribution in [0.2, 0.25) is 0 Å². The highest BCUT2D eigenvalue weighted by molar-refractivity contribution is 5.76. The Morgan fingerprint density at radius 1 is 0.481 bits per heavy atom. The van der Waals surface area contributed by atoms with Crippen molar-refractivity contribution >= 4 is 5.91 Å². The number of amides is 1. The first-order valence-corrected chi connectivity index (χ1v) is 28.7. The Balaban J connectivity index is 1.50. The van der Waals surface area contributed by atoms with E-state index >= 15 is 0 Å². The van der Waals surface area contributed by atoms with Crippen LogP contribution in [0.15, 0.2) is 72.9 Å². The molecule has 17 atom stereocenters. The van der Waals surface area contributed by atoms with Gasteiger partial charge in [0.1, 0.15) is 73.2 Å². The molecule has 0 aliphatic carbocycles. The van der Waals surface area contributed by atoms with Crippen LogP contribution in [-0.4, -0.2) is 193 Å². The molecule has 3 saturated heterocycles. The Labute approximate surface area is 458 Å². The van der Waals surface area contributed by atoms with Crippen LogP contribution in [0.3, 0.4) is 0 Å². The summed E-state index contributed by atoms with van der Waals surface area (Å²) < 4.78 is 34.1. The van der Waals surface area contributed by atoms with Gasteiger partial charge in [-0.15, -0.1) is 0 Å². The Morgan fingerprint density at radius 3 is 1.45 bits per heavy atom. The van der Waals surface area contributed by atoms with E-state index in [4.69, 9.17) is 28.4 Å². The quantitative estimate of drug-likeness (QED) is 0.0301. The second-order valence-corrected chi connectivity index (χ2v) is 20.4. The summed E-state index contributed by atoms with van der Waals surface area (Å²) in [5.41, 5.74) is 0. The zero-order valence-corrected chi connectivity index (χ0v) is 45.9. The fourth-order valence-electron chi connectivity index (χ4n) is 9.25. The predicted molar refractivity (Wildman–Crippen MR) is 291 cm³/mol. The van der Waals surface area contributed by atoms with Crippen molar-refractivity contribution in [3.05, 3.63) is 72.9 Å². The summed E-state index contributed by atoms with van der Waals surface area (Å²) in [6, 6.07) is -0.996. The second kappa shape index (κ2) is 41.3. The topological polar surface area (TPSA) is 307 Å². The number of carbonyl (C=O) groups is 1. The molecule has 1 amide bonds. The molecule has 0 aromatic heterocycles. The first kappa shape index (κ1) is 68.5. The Morgan fingerprint density at radius 2 is 0.909 bits per heavy atom. The SMILES string of the molecule is CC/C=C\C/C=C\C/C=C\C/C=C\CCCCCCCCCCC(=O)NC(COC1OC(CO)C(OC2OC(CO)C(OC3OC(CO)C(O)C(O)C3O)C(O)C2O)C(O)C1O)C(O)/C=C/CC/C=C/CCCCCCC. The van der Waals surface area contributed by atoms with Gasteiger partial charge in [0.2, 0.25) is 5.91 Å². The van der Waals surface area contributed by atoms with Crippen LogP contribution in [0.5, 0.6) is 0 Å². The van der Waals surface area contributed by atoms with Crippen LogP contribution in [0, 0.1) is 0 Å². The van der Waals surface area contributed by atoms with Gasteiger partial charge in [0.05, 0.1) is 38.6 Å². The number of allylic oxidation sites excluding steroid dienone is 11. The van der Waals surface area contributed by atoms with Crippen molar-refractivity contribution in [1.82, 2.24) is 5.32 Å². The van der Waals surface area contributed by atoms with Gasteiger partial charge in [-0.2, -0.15) is 0 Å². The molecule has 3 fully saturated rings. The van der Waals surface area contributed by atoms with Crippen molar-refractivity contribution in [2.45, 2.75) is 259 Å². The number of rotatable bonds is 40. The van der Waals surface area contributed by atoms with Gasteiger partial charge in [0.25, 0.3) is 0 Å². The Kier molecular flexibility index (Phi) is 36.7. The molecule has 0 bridgehead atoms. The van der Waals surface area contributed by atoms with Gasteiger partial charge in [-0.05, 0) is 70.6 Å². The van der Waals surface area contributed by atoms with Crippen LogP contribution >= 0.6 is 0 Å². The minimum Gasteiger partial charge on any atom is -0.394 e. The summed E-state index contributed by atoms with van der Waals surface area (Å²) in [5.74, 6) is -0.300. The van der Waals surface area contributed by atoms with E-state index in [0.29, 0.717) is 12.8 Å². The van der Waals surface area contributed by atoms with Gasteiger partial charge in [-0.25, -0.2) is 0 Å². The van der Waals surface area contributed by atoms with E-state index < -0.39 is 124 Å². The highest BCUT2D eigenvalue weighted by atomic mass is 16.8. The van der Waals surface area contributed by atoms with Crippen molar-refractivity contribution < 1.29 is 89.4 Å². The lowest BCUT2D eigenvalue weighted by Gasteiger charge is -2.48. The third kappa shape index (κ3) is 25.7. The lowest BCUT2D eigenvalue weighted by molar-refractivity contribution is -0.379. The fraction of sp³-hybridized carbons (Fsp3) is 0.776. The van der Waals surface area contributed by atoms with Gasteiger partial charge in [0.15, 0.2) is 18.9 Å². The lowest BCUT2D eigenvalue weighted by Crippen LogP contribution is -2.66. The smallest absolute Gasteiger partial charge is 0.220 e. The Bertz CT molecular complexity index is 1690. The number of unbranched alkanes of at least 4 members (excludes halogenated alkanes) is 14. The highest BCUT2D eigenvalue weighted by Gasteiger charge is 2.53. The molecule has 17 unspecified atom stereocenters. The largest absolute Gasteiger partial charge is 0.394 e. The molecule has 77 heavy (non-hydrogen) atoms. The molecule has 3 aliphatic heterocycles.